The minimum atomic E-state index is -0.162. The van der Waals surface area contributed by atoms with Crippen molar-refractivity contribution >= 4 is 28.8 Å². The van der Waals surface area contributed by atoms with Gasteiger partial charge in [0.1, 0.15) is 5.75 Å². The lowest BCUT2D eigenvalue weighted by atomic mass is 10.1. The maximum atomic E-state index is 12.5. The summed E-state index contributed by atoms with van der Waals surface area (Å²) in [4.78, 5) is 13.7. The first-order valence-corrected chi connectivity index (χ1v) is 9.21. The average Bonchev–Trinajstić information content (AvgIpc) is 3.28. The lowest BCUT2D eigenvalue weighted by Gasteiger charge is -2.08. The van der Waals surface area contributed by atoms with Gasteiger partial charge in [-0.1, -0.05) is 17.7 Å². The van der Waals surface area contributed by atoms with Crippen LogP contribution in [0, 0.1) is 0 Å². The summed E-state index contributed by atoms with van der Waals surface area (Å²) in [5.41, 5.74) is 1.92. The van der Waals surface area contributed by atoms with Crippen molar-refractivity contribution in [2.75, 3.05) is 13.2 Å². The zero-order valence-electron chi connectivity index (χ0n) is 13.7. The number of rotatable bonds is 7. The Kier molecular flexibility index (Phi) is 5.73. The minimum Gasteiger partial charge on any atom is -0.492 e. The van der Waals surface area contributed by atoms with E-state index in [-0.39, 0.29) is 5.91 Å². The maximum absolute atomic E-state index is 12.5. The van der Waals surface area contributed by atoms with Gasteiger partial charge in [-0.15, -0.1) is 11.3 Å². The number of thiophene rings is 1. The van der Waals surface area contributed by atoms with Crippen molar-refractivity contribution in [3.8, 4) is 17.0 Å². The molecular weight excluding hydrogens is 358 g/mol. The third-order valence-electron chi connectivity index (χ3n) is 3.64. The number of aromatic amines is 1. The van der Waals surface area contributed by atoms with Crippen molar-refractivity contribution in [1.29, 1.82) is 0 Å². The summed E-state index contributed by atoms with van der Waals surface area (Å²) in [6.45, 7) is 3.02. The molecular formula is C18H18ClN3O2S. The van der Waals surface area contributed by atoms with Gasteiger partial charge in [0.25, 0.3) is 5.91 Å². The van der Waals surface area contributed by atoms with Crippen molar-refractivity contribution in [1.82, 2.24) is 15.5 Å². The zero-order valence-corrected chi connectivity index (χ0v) is 15.3. The van der Waals surface area contributed by atoms with E-state index >= 15 is 0 Å². The fraction of sp³-hybridized carbons (Fsp3) is 0.222. The van der Waals surface area contributed by atoms with Gasteiger partial charge in [0.2, 0.25) is 0 Å². The fourth-order valence-electron chi connectivity index (χ4n) is 2.46. The standard InChI is InChI=1S/C18H18ClN3O2S/c1-2-24-16-6-5-12(10-15(16)19)17-14(11-21-22-17)18(23)20-8-7-13-4-3-9-25-13/h3-6,9-11H,2,7-8H2,1H3,(H,20,23)(H,21,22). The van der Waals surface area contributed by atoms with E-state index in [0.717, 1.165) is 12.0 Å². The number of carbonyl (C=O) groups excluding carboxylic acids is 1. The Balaban J connectivity index is 1.71. The van der Waals surface area contributed by atoms with Crippen molar-refractivity contribution in [2.45, 2.75) is 13.3 Å². The Morgan fingerprint density at radius 2 is 2.28 bits per heavy atom. The molecule has 3 rings (SSSR count). The topological polar surface area (TPSA) is 67.0 Å². The van der Waals surface area contributed by atoms with Gasteiger partial charge in [-0.25, -0.2) is 0 Å². The monoisotopic (exact) mass is 375 g/mol. The number of ether oxygens (including phenoxy) is 1. The first-order chi connectivity index (χ1) is 12.2. The molecule has 0 saturated heterocycles. The molecule has 5 nitrogen and oxygen atoms in total. The van der Waals surface area contributed by atoms with Gasteiger partial charge in [-0.05, 0) is 43.0 Å². The predicted molar refractivity (Wildman–Crippen MR) is 101 cm³/mol. The number of aromatic nitrogens is 2. The van der Waals surface area contributed by atoms with Crippen LogP contribution in [-0.2, 0) is 6.42 Å². The number of H-pyrrole nitrogens is 1. The second-order valence-electron chi connectivity index (χ2n) is 5.32. The summed E-state index contributed by atoms with van der Waals surface area (Å²) in [5, 5.41) is 12.3. The molecule has 25 heavy (non-hydrogen) atoms. The second-order valence-corrected chi connectivity index (χ2v) is 6.76. The van der Waals surface area contributed by atoms with Crippen LogP contribution in [-0.4, -0.2) is 29.3 Å². The van der Waals surface area contributed by atoms with Crippen molar-refractivity contribution in [3.63, 3.8) is 0 Å². The van der Waals surface area contributed by atoms with E-state index in [1.165, 1.54) is 11.1 Å². The highest BCUT2D eigenvalue weighted by molar-refractivity contribution is 7.09. The third kappa shape index (κ3) is 4.21. The van der Waals surface area contributed by atoms with Gasteiger partial charge >= 0.3 is 0 Å². The Hall–Kier alpha value is -2.31. The largest absolute Gasteiger partial charge is 0.492 e. The van der Waals surface area contributed by atoms with E-state index in [1.807, 2.05) is 24.4 Å². The molecule has 0 fully saturated rings. The summed E-state index contributed by atoms with van der Waals surface area (Å²) in [7, 11) is 0. The Bertz CT molecular complexity index is 846. The first kappa shape index (κ1) is 17.5. The van der Waals surface area contributed by atoms with Crippen LogP contribution in [0.2, 0.25) is 5.02 Å². The molecule has 0 aliphatic rings. The van der Waals surface area contributed by atoms with Crippen LogP contribution in [0.4, 0.5) is 0 Å². The molecule has 2 N–H and O–H groups in total. The molecule has 1 aromatic carbocycles. The lowest BCUT2D eigenvalue weighted by Crippen LogP contribution is -2.25. The van der Waals surface area contributed by atoms with Crippen molar-refractivity contribution in [2.24, 2.45) is 0 Å². The van der Waals surface area contributed by atoms with E-state index in [4.69, 9.17) is 16.3 Å². The first-order valence-electron chi connectivity index (χ1n) is 7.95. The molecule has 0 spiro atoms. The number of amides is 1. The Morgan fingerprint density at radius 3 is 3.00 bits per heavy atom. The number of hydrogen-bond donors (Lipinski definition) is 2. The van der Waals surface area contributed by atoms with Crippen LogP contribution in [0.5, 0.6) is 5.75 Å². The minimum absolute atomic E-state index is 0.162. The summed E-state index contributed by atoms with van der Waals surface area (Å²) in [5.74, 6) is 0.458. The van der Waals surface area contributed by atoms with Crippen LogP contribution in [0.25, 0.3) is 11.3 Å². The third-order valence-corrected chi connectivity index (χ3v) is 4.87. The van der Waals surface area contributed by atoms with Crippen LogP contribution >= 0.6 is 22.9 Å². The molecule has 0 aliphatic heterocycles. The van der Waals surface area contributed by atoms with Gasteiger partial charge in [0, 0.05) is 17.0 Å². The molecule has 3 aromatic rings. The molecule has 0 saturated carbocycles. The molecule has 0 radical (unpaired) electrons. The fourth-order valence-corrected chi connectivity index (χ4v) is 3.40. The van der Waals surface area contributed by atoms with Gasteiger partial charge in [0.05, 0.1) is 29.1 Å². The molecule has 7 heteroatoms. The smallest absolute Gasteiger partial charge is 0.255 e. The van der Waals surface area contributed by atoms with Crippen LogP contribution in [0.3, 0.4) is 0 Å². The molecule has 0 bridgehead atoms. The normalized spacial score (nSPS) is 10.6. The SMILES string of the molecule is CCOc1ccc(-c2[nH]ncc2C(=O)NCCc2cccs2)cc1Cl. The zero-order chi connectivity index (χ0) is 17.6. The van der Waals surface area contributed by atoms with E-state index in [1.54, 1.807) is 23.5 Å². The Labute approximate surface area is 155 Å². The van der Waals surface area contributed by atoms with E-state index in [2.05, 4.69) is 21.6 Å². The van der Waals surface area contributed by atoms with E-state index < -0.39 is 0 Å². The molecule has 1 amide bonds. The van der Waals surface area contributed by atoms with Crippen LogP contribution in [0.1, 0.15) is 22.2 Å². The van der Waals surface area contributed by atoms with Gasteiger partial charge in [0.15, 0.2) is 0 Å². The van der Waals surface area contributed by atoms with E-state index in [9.17, 15) is 4.79 Å². The number of nitrogens with zero attached hydrogens (tertiary/aromatic N) is 1. The highest BCUT2D eigenvalue weighted by Gasteiger charge is 2.16. The molecule has 2 aromatic heterocycles. The molecule has 130 valence electrons. The summed E-state index contributed by atoms with van der Waals surface area (Å²) in [6, 6.07) is 9.48. The highest BCUT2D eigenvalue weighted by atomic mass is 35.5. The summed E-state index contributed by atoms with van der Waals surface area (Å²) in [6.07, 6.45) is 2.34. The highest BCUT2D eigenvalue weighted by Crippen LogP contribution is 2.31. The number of halogens is 1. The lowest BCUT2D eigenvalue weighted by molar-refractivity contribution is 0.0955. The van der Waals surface area contributed by atoms with Crippen molar-refractivity contribution in [3.05, 3.63) is 57.4 Å². The molecule has 0 aliphatic carbocycles. The molecule has 2 heterocycles. The number of carbonyl (C=O) groups is 1. The predicted octanol–water partition coefficient (Wildman–Crippen LogP) is 4.16. The van der Waals surface area contributed by atoms with E-state index in [0.29, 0.717) is 35.2 Å². The average molecular weight is 376 g/mol. The maximum Gasteiger partial charge on any atom is 0.255 e. The number of hydrogen-bond acceptors (Lipinski definition) is 4. The van der Waals surface area contributed by atoms with Crippen molar-refractivity contribution < 1.29 is 9.53 Å². The summed E-state index contributed by atoms with van der Waals surface area (Å²) < 4.78 is 5.44. The molecule has 0 atom stereocenters. The van der Waals surface area contributed by atoms with Gasteiger partial charge in [-0.3, -0.25) is 9.89 Å². The van der Waals surface area contributed by atoms with Gasteiger partial charge < -0.3 is 10.1 Å². The second kappa shape index (κ2) is 8.18. The molecule has 0 unspecified atom stereocenters. The number of nitrogens with one attached hydrogen (secondary N) is 2. The quantitative estimate of drug-likeness (QED) is 0.651. The number of benzene rings is 1. The van der Waals surface area contributed by atoms with Gasteiger partial charge in [-0.2, -0.15) is 5.10 Å². The Morgan fingerprint density at radius 1 is 1.40 bits per heavy atom. The van der Waals surface area contributed by atoms with Crippen LogP contribution in [0.15, 0.2) is 41.9 Å². The van der Waals surface area contributed by atoms with Crippen LogP contribution < -0.4 is 10.1 Å². The summed E-state index contributed by atoms with van der Waals surface area (Å²) >= 11 is 7.92.